The quantitative estimate of drug-likeness (QED) is 0.864. The molecule has 1 rings (SSSR count). The van der Waals surface area contributed by atoms with Crippen molar-refractivity contribution in [2.45, 2.75) is 52.7 Å². The summed E-state index contributed by atoms with van der Waals surface area (Å²) < 4.78 is 10.8. The van der Waals surface area contributed by atoms with Gasteiger partial charge in [-0.25, -0.2) is 9.59 Å². The Morgan fingerprint density at radius 1 is 1.10 bits per heavy atom. The number of thiophene rings is 1. The maximum atomic E-state index is 12.0. The maximum Gasteiger partial charge on any atom is 0.349 e. The summed E-state index contributed by atoms with van der Waals surface area (Å²) in [5.41, 5.74) is -1.17. The molecule has 0 bridgehead atoms. The molecule has 0 amide bonds. The van der Waals surface area contributed by atoms with E-state index >= 15 is 0 Å². The first-order valence-corrected chi connectivity index (χ1v) is 7.00. The minimum Gasteiger partial charge on any atom is -0.486 e. The second-order valence-electron chi connectivity index (χ2n) is 6.33. The van der Waals surface area contributed by atoms with E-state index in [1.165, 1.54) is 6.07 Å². The van der Waals surface area contributed by atoms with E-state index in [0.29, 0.717) is 0 Å². The number of hydrogen-bond acceptors (Lipinski definition) is 5. The molecule has 5 nitrogen and oxygen atoms in total. The lowest BCUT2D eigenvalue weighted by Crippen LogP contribution is -2.24. The summed E-state index contributed by atoms with van der Waals surface area (Å²) in [6, 6.07) is 1.42. The Hall–Kier alpha value is -1.56. The zero-order chi connectivity index (χ0) is 15.7. The predicted molar refractivity (Wildman–Crippen MR) is 76.8 cm³/mol. The van der Waals surface area contributed by atoms with Gasteiger partial charge in [0.15, 0.2) is 4.88 Å². The second-order valence-corrected chi connectivity index (χ2v) is 7.38. The SMILES string of the molecule is CC(C)(C)OC(=O)c1cc(OC(C)(C)C)c(C(=O)O)s1. The normalized spacial score (nSPS) is 12.1. The van der Waals surface area contributed by atoms with Crippen LogP contribution in [-0.2, 0) is 4.74 Å². The van der Waals surface area contributed by atoms with Gasteiger partial charge in [-0.05, 0) is 41.5 Å². The average Bonchev–Trinajstić information content (AvgIpc) is 2.56. The molecule has 6 heteroatoms. The van der Waals surface area contributed by atoms with Crippen molar-refractivity contribution in [3.8, 4) is 5.75 Å². The Morgan fingerprint density at radius 2 is 1.65 bits per heavy atom. The third-order valence-electron chi connectivity index (χ3n) is 1.91. The van der Waals surface area contributed by atoms with Crippen LogP contribution in [-0.4, -0.2) is 28.2 Å². The highest BCUT2D eigenvalue weighted by atomic mass is 32.1. The molecule has 0 saturated heterocycles. The Labute approximate surface area is 122 Å². The average molecular weight is 300 g/mol. The molecule has 112 valence electrons. The molecule has 0 unspecified atom stereocenters. The van der Waals surface area contributed by atoms with Gasteiger partial charge in [0.05, 0.1) is 0 Å². The van der Waals surface area contributed by atoms with Crippen LogP contribution in [0.15, 0.2) is 6.07 Å². The Balaban J connectivity index is 3.09. The molecule has 0 saturated carbocycles. The van der Waals surface area contributed by atoms with E-state index in [0.717, 1.165) is 11.3 Å². The Kier molecular flexibility index (Phi) is 4.49. The lowest BCUT2D eigenvalue weighted by molar-refractivity contribution is 0.00742. The number of hydrogen-bond donors (Lipinski definition) is 1. The number of carbonyl (C=O) groups excluding carboxylic acids is 1. The highest BCUT2D eigenvalue weighted by molar-refractivity contribution is 7.16. The number of carboxylic acids is 1. The van der Waals surface area contributed by atoms with Gasteiger partial charge in [0.25, 0.3) is 0 Å². The summed E-state index contributed by atoms with van der Waals surface area (Å²) in [6.45, 7) is 10.7. The van der Waals surface area contributed by atoms with Gasteiger partial charge in [0, 0.05) is 6.07 Å². The van der Waals surface area contributed by atoms with Crippen LogP contribution in [0.3, 0.4) is 0 Å². The van der Waals surface area contributed by atoms with Gasteiger partial charge in [0.1, 0.15) is 21.8 Å². The number of carboxylic acid groups (broad SMARTS) is 1. The lowest BCUT2D eigenvalue weighted by Gasteiger charge is -2.20. The number of ether oxygens (including phenoxy) is 2. The summed E-state index contributed by atoms with van der Waals surface area (Å²) in [5, 5.41) is 9.17. The molecule has 20 heavy (non-hydrogen) atoms. The zero-order valence-electron chi connectivity index (χ0n) is 12.6. The molecule has 1 heterocycles. The highest BCUT2D eigenvalue weighted by Crippen LogP contribution is 2.33. The predicted octanol–water partition coefficient (Wildman–Crippen LogP) is 3.58. The fourth-order valence-corrected chi connectivity index (χ4v) is 2.16. The summed E-state index contributed by atoms with van der Waals surface area (Å²) in [7, 11) is 0. The van der Waals surface area contributed by atoms with Crippen molar-refractivity contribution < 1.29 is 24.2 Å². The van der Waals surface area contributed by atoms with Gasteiger partial charge in [-0.1, -0.05) is 0 Å². The second kappa shape index (κ2) is 5.44. The lowest BCUT2D eigenvalue weighted by atomic mass is 10.2. The van der Waals surface area contributed by atoms with Crippen LogP contribution in [0.4, 0.5) is 0 Å². The first kappa shape index (κ1) is 16.5. The number of carbonyl (C=O) groups is 2. The molecule has 1 aromatic rings. The van der Waals surface area contributed by atoms with Gasteiger partial charge < -0.3 is 14.6 Å². The van der Waals surface area contributed by atoms with E-state index < -0.39 is 23.1 Å². The molecule has 1 aromatic heterocycles. The summed E-state index contributed by atoms with van der Waals surface area (Å²) in [6.07, 6.45) is 0. The molecule has 0 spiro atoms. The molecule has 0 fully saturated rings. The Bertz CT molecular complexity index is 517. The van der Waals surface area contributed by atoms with E-state index in [1.807, 2.05) is 20.8 Å². The van der Waals surface area contributed by atoms with Crippen LogP contribution < -0.4 is 4.74 Å². The smallest absolute Gasteiger partial charge is 0.349 e. The van der Waals surface area contributed by atoms with Crippen LogP contribution in [0.25, 0.3) is 0 Å². The standard InChI is InChI=1S/C14H20O5S/c1-13(2,3)18-8-7-9(20-10(8)11(15)16)12(17)19-14(4,5)6/h7H,1-6H3,(H,15,16). The molecule has 0 aliphatic rings. The van der Waals surface area contributed by atoms with E-state index in [1.54, 1.807) is 20.8 Å². The number of esters is 1. The van der Waals surface area contributed by atoms with E-state index in [2.05, 4.69) is 0 Å². The summed E-state index contributed by atoms with van der Waals surface area (Å²) in [4.78, 5) is 23.4. The molecule has 0 radical (unpaired) electrons. The van der Waals surface area contributed by atoms with Crippen molar-refractivity contribution in [1.82, 2.24) is 0 Å². The highest BCUT2D eigenvalue weighted by Gasteiger charge is 2.26. The number of rotatable bonds is 3. The first-order chi connectivity index (χ1) is 8.89. The van der Waals surface area contributed by atoms with Crippen molar-refractivity contribution in [2.75, 3.05) is 0 Å². The van der Waals surface area contributed by atoms with Crippen LogP contribution in [0, 0.1) is 0 Å². The topological polar surface area (TPSA) is 72.8 Å². The van der Waals surface area contributed by atoms with Gasteiger partial charge in [0.2, 0.25) is 0 Å². The third-order valence-corrected chi connectivity index (χ3v) is 2.99. The summed E-state index contributed by atoms with van der Waals surface area (Å²) >= 11 is 0.858. The van der Waals surface area contributed by atoms with Crippen molar-refractivity contribution in [3.05, 3.63) is 15.8 Å². The van der Waals surface area contributed by atoms with Crippen LogP contribution in [0.2, 0.25) is 0 Å². The van der Waals surface area contributed by atoms with Crippen LogP contribution in [0.5, 0.6) is 5.75 Å². The molecule has 0 aliphatic carbocycles. The number of aromatic carboxylic acids is 1. The van der Waals surface area contributed by atoms with Gasteiger partial charge >= 0.3 is 11.9 Å². The van der Waals surface area contributed by atoms with E-state index in [4.69, 9.17) is 14.6 Å². The molecule has 0 aromatic carbocycles. The minimum absolute atomic E-state index is 0.000726. The molecule has 1 N–H and O–H groups in total. The largest absolute Gasteiger partial charge is 0.486 e. The molecular weight excluding hydrogens is 280 g/mol. The minimum atomic E-state index is -1.12. The van der Waals surface area contributed by atoms with Crippen molar-refractivity contribution in [3.63, 3.8) is 0 Å². The van der Waals surface area contributed by atoms with E-state index in [9.17, 15) is 9.59 Å². The maximum absolute atomic E-state index is 12.0. The van der Waals surface area contributed by atoms with Crippen molar-refractivity contribution in [1.29, 1.82) is 0 Å². The fraction of sp³-hybridized carbons (Fsp3) is 0.571. The fourth-order valence-electron chi connectivity index (χ4n) is 1.36. The van der Waals surface area contributed by atoms with Gasteiger partial charge in [-0.3, -0.25) is 0 Å². The van der Waals surface area contributed by atoms with Gasteiger partial charge in [-0.15, -0.1) is 11.3 Å². The van der Waals surface area contributed by atoms with Crippen LogP contribution in [0.1, 0.15) is 60.9 Å². The molecule has 0 aliphatic heterocycles. The van der Waals surface area contributed by atoms with E-state index in [-0.39, 0.29) is 15.5 Å². The summed E-state index contributed by atoms with van der Waals surface area (Å²) in [5.74, 6) is -1.48. The first-order valence-electron chi connectivity index (χ1n) is 6.18. The third kappa shape index (κ3) is 4.85. The Morgan fingerprint density at radius 3 is 2.05 bits per heavy atom. The molecule has 0 atom stereocenters. The van der Waals surface area contributed by atoms with Crippen LogP contribution >= 0.6 is 11.3 Å². The monoisotopic (exact) mass is 300 g/mol. The van der Waals surface area contributed by atoms with Crippen molar-refractivity contribution in [2.24, 2.45) is 0 Å². The molecular formula is C14H20O5S. The zero-order valence-corrected chi connectivity index (χ0v) is 13.4. The van der Waals surface area contributed by atoms with Gasteiger partial charge in [-0.2, -0.15) is 0 Å². The van der Waals surface area contributed by atoms with Crippen molar-refractivity contribution >= 4 is 23.3 Å².